The Bertz CT molecular complexity index is 1830. The molecule has 0 unspecified atom stereocenters. The Hall–Kier alpha value is -4.68. The smallest absolute Gasteiger partial charge is 0.348 e. The van der Waals surface area contributed by atoms with Gasteiger partial charge in [0.1, 0.15) is 16.4 Å². The van der Waals surface area contributed by atoms with Crippen LogP contribution in [0.3, 0.4) is 0 Å². The number of nitrogens with zero attached hydrogens (tertiary/aromatic N) is 4. The fourth-order valence-electron chi connectivity index (χ4n) is 6.41. The molecule has 12 heteroatoms. The molecular weight excluding hydrogens is 597 g/mol. The molecule has 0 radical (unpaired) electrons. The molecule has 2 amide bonds. The summed E-state index contributed by atoms with van der Waals surface area (Å²) in [5, 5.41) is 12.4. The molecule has 45 heavy (non-hydrogen) atoms. The molecule has 3 aliphatic heterocycles. The molecule has 4 aromatic rings. The van der Waals surface area contributed by atoms with E-state index in [2.05, 4.69) is 20.2 Å². The predicted molar refractivity (Wildman–Crippen MR) is 168 cm³/mol. The molecule has 2 fully saturated rings. The summed E-state index contributed by atoms with van der Waals surface area (Å²) >= 11 is 0.828. The zero-order valence-electron chi connectivity index (χ0n) is 24.5. The number of pyridine rings is 2. The maximum atomic E-state index is 15.0. The molecule has 6 heterocycles. The zero-order chi connectivity index (χ0) is 31.3. The average molecular weight is 628 g/mol. The highest BCUT2D eigenvalue weighted by Gasteiger charge is 2.45. The molecule has 0 saturated carbocycles. The van der Waals surface area contributed by atoms with E-state index in [4.69, 9.17) is 4.74 Å². The van der Waals surface area contributed by atoms with Crippen LogP contribution in [0.1, 0.15) is 54.4 Å². The van der Waals surface area contributed by atoms with E-state index in [1.165, 1.54) is 11.1 Å². The number of aromatic carboxylic acids is 1. The summed E-state index contributed by atoms with van der Waals surface area (Å²) in [7, 11) is 0. The maximum absolute atomic E-state index is 15.0. The SMILES string of the molecule is Cc1cnc(N2CC3(CCOCC3)C2)c(C(=O)Nc2ccc(C(=O)N3CCc4c(sc(C(=O)O)c4F)-c4ncccc43)cc2)c1. The molecule has 230 valence electrons. The summed E-state index contributed by atoms with van der Waals surface area (Å²) in [5.41, 5.74) is 3.60. The molecule has 0 aliphatic carbocycles. The Kier molecular flexibility index (Phi) is 7.33. The first-order valence-electron chi connectivity index (χ1n) is 14.8. The van der Waals surface area contributed by atoms with Gasteiger partial charge in [-0.1, -0.05) is 0 Å². The van der Waals surface area contributed by atoms with Gasteiger partial charge in [0.15, 0.2) is 5.82 Å². The number of aromatic nitrogens is 2. The van der Waals surface area contributed by atoms with Crippen molar-refractivity contribution in [1.29, 1.82) is 0 Å². The molecule has 3 aromatic heterocycles. The fraction of sp³-hybridized carbons (Fsp3) is 0.303. The van der Waals surface area contributed by atoms with E-state index in [0.29, 0.717) is 38.9 Å². The van der Waals surface area contributed by atoms with Crippen molar-refractivity contribution in [3.05, 3.63) is 87.8 Å². The Morgan fingerprint density at radius 1 is 1.09 bits per heavy atom. The fourth-order valence-corrected chi connectivity index (χ4v) is 7.48. The second kappa shape index (κ2) is 11.4. The number of aryl methyl sites for hydroxylation is 1. The highest BCUT2D eigenvalue weighted by molar-refractivity contribution is 7.17. The van der Waals surface area contributed by atoms with Gasteiger partial charge in [-0.3, -0.25) is 14.6 Å². The van der Waals surface area contributed by atoms with Crippen LogP contribution in [0.15, 0.2) is 54.9 Å². The number of halogens is 1. The van der Waals surface area contributed by atoms with Crippen LogP contribution in [0.4, 0.5) is 21.6 Å². The number of ether oxygens (including phenoxy) is 1. The Morgan fingerprint density at radius 3 is 2.58 bits per heavy atom. The highest BCUT2D eigenvalue weighted by Crippen LogP contribution is 2.43. The van der Waals surface area contributed by atoms with Crippen molar-refractivity contribution in [1.82, 2.24) is 9.97 Å². The van der Waals surface area contributed by atoms with Crippen molar-refractivity contribution in [3.8, 4) is 10.6 Å². The number of nitrogens with one attached hydrogen (secondary N) is 1. The topological polar surface area (TPSA) is 125 Å². The number of benzene rings is 1. The van der Waals surface area contributed by atoms with E-state index < -0.39 is 11.8 Å². The molecule has 2 N–H and O–H groups in total. The number of carboxylic acids is 1. The molecule has 7 rings (SSSR count). The van der Waals surface area contributed by atoms with E-state index in [0.717, 1.165) is 56.0 Å². The van der Waals surface area contributed by atoms with Crippen LogP contribution in [0.2, 0.25) is 0 Å². The Labute approximate surface area is 262 Å². The molecule has 1 aromatic carbocycles. The van der Waals surface area contributed by atoms with Gasteiger partial charge in [-0.25, -0.2) is 14.2 Å². The van der Waals surface area contributed by atoms with Crippen LogP contribution >= 0.6 is 11.3 Å². The largest absolute Gasteiger partial charge is 0.477 e. The Balaban J connectivity index is 1.09. The first-order valence-corrected chi connectivity index (χ1v) is 15.6. The standard InChI is InChI=1S/C33H30FN5O5S/c1-19-15-23(29(36-16-19)38-17-33(18-38)9-13-44-14-10-33)30(40)37-21-6-4-20(5-7-21)31(41)39-12-8-22-25(34)28(32(42)43)45-27(22)26-24(39)3-2-11-35-26/h2-7,11,15-16H,8-10,12-14,17-18H2,1H3,(H,37,40)(H,42,43). The minimum Gasteiger partial charge on any atom is -0.477 e. The predicted octanol–water partition coefficient (Wildman–Crippen LogP) is 5.42. The van der Waals surface area contributed by atoms with E-state index in [-0.39, 0.29) is 40.6 Å². The van der Waals surface area contributed by atoms with E-state index in [1.54, 1.807) is 42.6 Å². The van der Waals surface area contributed by atoms with Crippen LogP contribution in [0, 0.1) is 18.2 Å². The number of fused-ring (bicyclic) bond motifs is 3. The minimum absolute atomic E-state index is 0.139. The van der Waals surface area contributed by atoms with Crippen LogP contribution in [-0.2, 0) is 11.2 Å². The van der Waals surface area contributed by atoms with E-state index >= 15 is 4.39 Å². The number of carboxylic acid groups (broad SMARTS) is 1. The van der Waals surface area contributed by atoms with Crippen LogP contribution in [0.5, 0.6) is 0 Å². The van der Waals surface area contributed by atoms with E-state index in [9.17, 15) is 19.5 Å². The molecule has 10 nitrogen and oxygen atoms in total. The van der Waals surface area contributed by atoms with Crippen LogP contribution in [0.25, 0.3) is 10.6 Å². The molecule has 3 aliphatic rings. The summed E-state index contributed by atoms with van der Waals surface area (Å²) in [6.45, 7) is 5.27. The molecule has 2 saturated heterocycles. The minimum atomic E-state index is -1.33. The van der Waals surface area contributed by atoms with Gasteiger partial charge in [0, 0.05) is 67.5 Å². The maximum Gasteiger partial charge on any atom is 0.348 e. The lowest BCUT2D eigenvalue weighted by molar-refractivity contribution is -0.000512. The third-order valence-electron chi connectivity index (χ3n) is 8.80. The summed E-state index contributed by atoms with van der Waals surface area (Å²) in [6, 6.07) is 11.9. The quantitative estimate of drug-likeness (QED) is 0.301. The normalized spacial score (nSPS) is 16.8. The number of anilines is 3. The number of hydrogen-bond acceptors (Lipinski definition) is 8. The first kappa shape index (κ1) is 29.1. The number of rotatable bonds is 5. The second-order valence-corrected chi connectivity index (χ2v) is 12.8. The number of thiophene rings is 1. The number of carbonyl (C=O) groups is 3. The average Bonchev–Trinajstić information content (AvgIpc) is 3.27. The van der Waals surface area contributed by atoms with E-state index in [1.807, 2.05) is 13.0 Å². The zero-order valence-corrected chi connectivity index (χ0v) is 25.3. The lowest BCUT2D eigenvalue weighted by Crippen LogP contribution is -2.59. The van der Waals surface area contributed by atoms with Crippen molar-refractivity contribution in [2.75, 3.05) is 48.0 Å². The third kappa shape index (κ3) is 5.23. The third-order valence-corrected chi connectivity index (χ3v) is 10.0. The summed E-state index contributed by atoms with van der Waals surface area (Å²) in [6.07, 6.45) is 5.47. The van der Waals surface area contributed by atoms with Gasteiger partial charge in [0.25, 0.3) is 11.8 Å². The van der Waals surface area contributed by atoms with Gasteiger partial charge in [0.05, 0.1) is 16.1 Å². The van der Waals surface area contributed by atoms with Crippen molar-refractivity contribution in [2.45, 2.75) is 26.2 Å². The second-order valence-electron chi connectivity index (χ2n) is 11.8. The lowest BCUT2D eigenvalue weighted by atomic mass is 9.73. The van der Waals surface area contributed by atoms with Gasteiger partial charge in [0.2, 0.25) is 0 Å². The summed E-state index contributed by atoms with van der Waals surface area (Å²) in [4.78, 5) is 51.5. The first-order chi connectivity index (χ1) is 21.7. The number of carbonyl (C=O) groups excluding carboxylic acids is 2. The molecule has 0 bridgehead atoms. The van der Waals surface area contributed by atoms with Gasteiger partial charge in [-0.2, -0.15) is 0 Å². The lowest BCUT2D eigenvalue weighted by Gasteiger charge is -2.53. The van der Waals surface area contributed by atoms with Crippen LogP contribution in [-0.4, -0.2) is 65.7 Å². The molecule has 1 spiro atoms. The van der Waals surface area contributed by atoms with Crippen molar-refractivity contribution < 1.29 is 28.6 Å². The van der Waals surface area contributed by atoms with Gasteiger partial charge in [-0.05, 0) is 74.2 Å². The van der Waals surface area contributed by atoms with Gasteiger partial charge >= 0.3 is 5.97 Å². The number of amides is 2. The van der Waals surface area contributed by atoms with Crippen molar-refractivity contribution in [2.24, 2.45) is 5.41 Å². The highest BCUT2D eigenvalue weighted by atomic mass is 32.1. The summed E-state index contributed by atoms with van der Waals surface area (Å²) in [5.74, 6) is -2.05. The molecule has 0 atom stereocenters. The van der Waals surface area contributed by atoms with Gasteiger partial charge in [-0.15, -0.1) is 11.3 Å². The number of hydrogen-bond donors (Lipinski definition) is 2. The monoisotopic (exact) mass is 627 g/mol. The summed E-state index contributed by atoms with van der Waals surface area (Å²) < 4.78 is 20.5. The molecular formula is C33H30FN5O5S. The van der Waals surface area contributed by atoms with Gasteiger partial charge < -0.3 is 25.0 Å². The van der Waals surface area contributed by atoms with Crippen LogP contribution < -0.4 is 15.1 Å². The van der Waals surface area contributed by atoms with Crippen molar-refractivity contribution in [3.63, 3.8) is 0 Å². The Morgan fingerprint density at radius 2 is 1.84 bits per heavy atom. The van der Waals surface area contributed by atoms with Crippen molar-refractivity contribution >= 4 is 46.3 Å².